The zero-order valence-corrected chi connectivity index (χ0v) is 17.7. The first kappa shape index (κ1) is 18.9. The average molecular weight is 428 g/mol. The number of esters is 1. The van der Waals surface area contributed by atoms with Crippen molar-refractivity contribution in [3.05, 3.63) is 63.5 Å². The third-order valence-corrected chi connectivity index (χ3v) is 7.28. The van der Waals surface area contributed by atoms with Crippen LogP contribution in [0, 0.1) is 5.92 Å². The van der Waals surface area contributed by atoms with Gasteiger partial charge in [-0.3, -0.25) is 0 Å². The van der Waals surface area contributed by atoms with E-state index in [0.717, 1.165) is 51.4 Å². The van der Waals surface area contributed by atoms with Crippen LogP contribution in [-0.2, 0) is 9.47 Å². The molecule has 3 aromatic rings. The van der Waals surface area contributed by atoms with E-state index in [4.69, 9.17) is 21.1 Å². The molecular formula is C23H22ClNO3S. The maximum absolute atomic E-state index is 12.3. The number of thiophene rings is 1. The van der Waals surface area contributed by atoms with Crippen LogP contribution in [0.2, 0.25) is 5.02 Å². The molecule has 3 heterocycles. The van der Waals surface area contributed by atoms with Gasteiger partial charge in [-0.1, -0.05) is 29.8 Å². The number of hydrogen-bond donors (Lipinski definition) is 1. The minimum absolute atomic E-state index is 0.0189. The Bertz CT molecular complexity index is 1080. The first-order chi connectivity index (χ1) is 14.2. The van der Waals surface area contributed by atoms with E-state index in [2.05, 4.69) is 23.5 Å². The zero-order chi connectivity index (χ0) is 20.0. The summed E-state index contributed by atoms with van der Waals surface area (Å²) in [6.45, 7) is 2.95. The summed E-state index contributed by atoms with van der Waals surface area (Å²) in [5, 5.41) is 5.59. The molecule has 1 fully saturated rings. The summed E-state index contributed by atoms with van der Waals surface area (Å²) < 4.78 is 12.6. The van der Waals surface area contributed by atoms with Gasteiger partial charge in [0.1, 0.15) is 4.88 Å². The fourth-order valence-electron chi connectivity index (χ4n) is 4.62. The van der Waals surface area contributed by atoms with E-state index in [0.29, 0.717) is 11.5 Å². The van der Waals surface area contributed by atoms with Crippen LogP contribution < -0.4 is 5.32 Å². The lowest BCUT2D eigenvalue weighted by Gasteiger charge is -2.43. The van der Waals surface area contributed by atoms with Crippen molar-refractivity contribution in [2.75, 3.05) is 18.5 Å². The number of halogens is 1. The van der Waals surface area contributed by atoms with Crippen molar-refractivity contribution >= 4 is 44.7 Å². The van der Waals surface area contributed by atoms with Gasteiger partial charge in [0.2, 0.25) is 0 Å². The molecule has 150 valence electrons. The third-order valence-electron chi connectivity index (χ3n) is 5.85. The number of rotatable bonds is 3. The van der Waals surface area contributed by atoms with Gasteiger partial charge in [-0.15, -0.1) is 11.3 Å². The van der Waals surface area contributed by atoms with Gasteiger partial charge in [0, 0.05) is 38.9 Å². The summed E-state index contributed by atoms with van der Waals surface area (Å²) in [5.74, 6) is 0.0222. The highest BCUT2D eigenvalue weighted by Gasteiger charge is 2.41. The Balaban J connectivity index is 1.63. The van der Waals surface area contributed by atoms with Crippen molar-refractivity contribution in [2.45, 2.75) is 31.9 Å². The van der Waals surface area contributed by atoms with E-state index in [-0.39, 0.29) is 24.0 Å². The van der Waals surface area contributed by atoms with E-state index >= 15 is 0 Å². The van der Waals surface area contributed by atoms with Gasteiger partial charge in [0.25, 0.3) is 0 Å². The summed E-state index contributed by atoms with van der Waals surface area (Å²) in [7, 11) is 0. The summed E-state index contributed by atoms with van der Waals surface area (Å²) in [5.41, 5.74) is 3.32. The number of carbonyl (C=O) groups excluding carboxylic acids is 1. The smallest absolute Gasteiger partial charge is 0.348 e. The minimum Gasteiger partial charge on any atom is -0.462 e. The van der Waals surface area contributed by atoms with Crippen molar-refractivity contribution in [1.82, 2.24) is 0 Å². The van der Waals surface area contributed by atoms with Crippen LogP contribution in [0.4, 0.5) is 5.69 Å². The van der Waals surface area contributed by atoms with Crippen LogP contribution in [0.1, 0.15) is 52.7 Å². The van der Waals surface area contributed by atoms with Crippen LogP contribution in [0.25, 0.3) is 10.1 Å². The van der Waals surface area contributed by atoms with Crippen LogP contribution in [0.5, 0.6) is 0 Å². The Labute approximate surface area is 178 Å². The lowest BCUT2D eigenvalue weighted by Crippen LogP contribution is -2.36. The Kier molecular flexibility index (Phi) is 4.98. The predicted octanol–water partition coefficient (Wildman–Crippen LogP) is 6.37. The molecule has 5 rings (SSSR count). The monoisotopic (exact) mass is 427 g/mol. The molecule has 1 aromatic heterocycles. The number of benzene rings is 2. The van der Waals surface area contributed by atoms with Crippen LogP contribution in [-0.4, -0.2) is 19.2 Å². The number of anilines is 1. The second-order valence-electron chi connectivity index (χ2n) is 7.51. The molecule has 2 aromatic carbocycles. The van der Waals surface area contributed by atoms with Gasteiger partial charge in [0.15, 0.2) is 0 Å². The van der Waals surface area contributed by atoms with Crippen molar-refractivity contribution < 1.29 is 14.3 Å². The molecular weight excluding hydrogens is 406 g/mol. The number of fused-ring (bicyclic) bond motifs is 5. The first-order valence-electron chi connectivity index (χ1n) is 10.0. The second kappa shape index (κ2) is 7.63. The SMILES string of the molecule is CCOC(=O)c1cc2c3c(ccc2s1)N[C@@H](c1ccccc1Cl)[C@@H]1CCCO[C@H]31. The minimum atomic E-state index is -0.263. The van der Waals surface area contributed by atoms with E-state index < -0.39 is 0 Å². The summed E-state index contributed by atoms with van der Waals surface area (Å²) in [6.07, 6.45) is 2.08. The summed E-state index contributed by atoms with van der Waals surface area (Å²) in [4.78, 5) is 12.9. The molecule has 0 spiro atoms. The van der Waals surface area contributed by atoms with Gasteiger partial charge in [0.05, 0.1) is 18.8 Å². The molecule has 0 radical (unpaired) electrons. The summed E-state index contributed by atoms with van der Waals surface area (Å²) in [6, 6.07) is 14.3. The molecule has 4 nitrogen and oxygen atoms in total. The maximum atomic E-state index is 12.3. The first-order valence-corrected chi connectivity index (χ1v) is 11.2. The molecule has 29 heavy (non-hydrogen) atoms. The molecule has 1 N–H and O–H groups in total. The molecule has 0 aliphatic carbocycles. The maximum Gasteiger partial charge on any atom is 0.348 e. The molecule has 0 amide bonds. The third kappa shape index (κ3) is 3.21. The van der Waals surface area contributed by atoms with Gasteiger partial charge in [-0.25, -0.2) is 4.79 Å². The van der Waals surface area contributed by atoms with Crippen molar-refractivity contribution in [2.24, 2.45) is 5.92 Å². The van der Waals surface area contributed by atoms with E-state index in [1.165, 1.54) is 11.3 Å². The molecule has 1 saturated heterocycles. The lowest BCUT2D eigenvalue weighted by atomic mass is 9.76. The van der Waals surface area contributed by atoms with Gasteiger partial charge in [-0.05, 0) is 49.6 Å². The zero-order valence-electron chi connectivity index (χ0n) is 16.1. The van der Waals surface area contributed by atoms with E-state index in [1.54, 1.807) is 0 Å². The molecule has 3 atom stereocenters. The van der Waals surface area contributed by atoms with Crippen LogP contribution in [0.3, 0.4) is 0 Å². The molecule has 6 heteroatoms. The molecule has 2 aliphatic rings. The highest BCUT2D eigenvalue weighted by molar-refractivity contribution is 7.20. The van der Waals surface area contributed by atoms with Gasteiger partial charge < -0.3 is 14.8 Å². The Morgan fingerprint density at radius 1 is 1.31 bits per heavy atom. The van der Waals surface area contributed by atoms with Crippen molar-refractivity contribution in [3.8, 4) is 0 Å². The van der Waals surface area contributed by atoms with Crippen molar-refractivity contribution in [1.29, 1.82) is 0 Å². The number of ether oxygens (including phenoxy) is 2. The molecule has 2 aliphatic heterocycles. The molecule has 0 unspecified atom stereocenters. The van der Waals surface area contributed by atoms with Gasteiger partial charge in [-0.2, -0.15) is 0 Å². The normalized spacial score (nSPS) is 23.2. The highest BCUT2D eigenvalue weighted by Crippen LogP contribution is 2.52. The van der Waals surface area contributed by atoms with E-state index in [1.807, 2.05) is 31.2 Å². The Morgan fingerprint density at radius 3 is 3.00 bits per heavy atom. The fourth-order valence-corrected chi connectivity index (χ4v) is 5.85. The molecule has 0 bridgehead atoms. The second-order valence-corrected chi connectivity index (χ2v) is 9.00. The Morgan fingerprint density at radius 2 is 2.17 bits per heavy atom. The molecule has 0 saturated carbocycles. The largest absolute Gasteiger partial charge is 0.462 e. The average Bonchev–Trinajstić information content (AvgIpc) is 3.18. The lowest BCUT2D eigenvalue weighted by molar-refractivity contribution is -0.0372. The standard InChI is InChI=1S/C23H22ClNO3S/c1-2-27-23(26)19-12-15-18(29-19)10-9-17-20(15)22-14(7-5-11-28-22)21(25-17)13-6-3-4-8-16(13)24/h3-4,6,8-10,12,14,21-22,25H,2,5,7,11H2,1H3/t14-,21-,22-/m0/s1. The Hall–Kier alpha value is -2.08. The quantitative estimate of drug-likeness (QED) is 0.493. The summed E-state index contributed by atoms with van der Waals surface area (Å²) >= 11 is 8.03. The van der Waals surface area contributed by atoms with Gasteiger partial charge >= 0.3 is 5.97 Å². The van der Waals surface area contributed by atoms with Crippen molar-refractivity contribution in [3.63, 3.8) is 0 Å². The number of nitrogens with one attached hydrogen (secondary N) is 1. The number of hydrogen-bond acceptors (Lipinski definition) is 5. The van der Waals surface area contributed by atoms with Crippen LogP contribution in [0.15, 0.2) is 42.5 Å². The highest BCUT2D eigenvalue weighted by atomic mass is 35.5. The van der Waals surface area contributed by atoms with Crippen LogP contribution >= 0.6 is 22.9 Å². The predicted molar refractivity (Wildman–Crippen MR) is 117 cm³/mol. The topological polar surface area (TPSA) is 47.6 Å². The number of carbonyl (C=O) groups is 1. The fraction of sp³-hybridized carbons (Fsp3) is 0.348. The van der Waals surface area contributed by atoms with E-state index in [9.17, 15) is 4.79 Å².